The number of nitrogens with one attached hydrogen (secondary N) is 1. The zero-order valence-corrected chi connectivity index (χ0v) is 9.60. The van der Waals surface area contributed by atoms with E-state index in [9.17, 15) is 9.90 Å². The van der Waals surface area contributed by atoms with Crippen LogP contribution in [0.3, 0.4) is 0 Å². The standard InChI is InChI=1S/C12H17N3O2/c13-10-3-1-2-9(6-10)11(16)7-15-5-4-14-12(17)8-15/h1-3,6,11,16H,4-5,7-8,13H2,(H,14,17). The number of hydrogen-bond donors (Lipinski definition) is 3. The van der Waals surface area contributed by atoms with Gasteiger partial charge in [-0.25, -0.2) is 0 Å². The maximum absolute atomic E-state index is 11.2. The molecule has 5 heteroatoms. The summed E-state index contributed by atoms with van der Waals surface area (Å²) in [5.74, 6) is 0.0102. The summed E-state index contributed by atoms with van der Waals surface area (Å²) in [7, 11) is 0. The third-order valence-corrected chi connectivity index (χ3v) is 2.84. The van der Waals surface area contributed by atoms with Gasteiger partial charge in [-0.05, 0) is 17.7 Å². The molecule has 92 valence electrons. The molecule has 0 spiro atoms. The van der Waals surface area contributed by atoms with Gasteiger partial charge in [0.2, 0.25) is 5.91 Å². The van der Waals surface area contributed by atoms with E-state index in [2.05, 4.69) is 5.32 Å². The number of nitrogen functional groups attached to an aromatic ring is 1. The van der Waals surface area contributed by atoms with E-state index < -0.39 is 6.10 Å². The molecule has 1 heterocycles. The fourth-order valence-corrected chi connectivity index (χ4v) is 1.96. The van der Waals surface area contributed by atoms with Crippen molar-refractivity contribution in [2.45, 2.75) is 6.10 Å². The average molecular weight is 235 g/mol. The summed E-state index contributed by atoms with van der Waals surface area (Å²) in [5, 5.41) is 12.8. The second-order valence-electron chi connectivity index (χ2n) is 4.27. The summed E-state index contributed by atoms with van der Waals surface area (Å²) < 4.78 is 0. The van der Waals surface area contributed by atoms with Crippen molar-refractivity contribution in [2.24, 2.45) is 0 Å². The summed E-state index contributed by atoms with van der Waals surface area (Å²) in [5.41, 5.74) is 7.09. The molecule has 4 N–H and O–H groups in total. The zero-order chi connectivity index (χ0) is 12.3. The van der Waals surface area contributed by atoms with Gasteiger partial charge in [0.05, 0.1) is 12.6 Å². The summed E-state index contributed by atoms with van der Waals surface area (Å²) >= 11 is 0. The van der Waals surface area contributed by atoms with Gasteiger partial charge in [0.15, 0.2) is 0 Å². The molecule has 0 saturated carbocycles. The van der Waals surface area contributed by atoms with E-state index >= 15 is 0 Å². The fourth-order valence-electron chi connectivity index (χ4n) is 1.96. The van der Waals surface area contributed by atoms with Crippen LogP contribution in [0.4, 0.5) is 5.69 Å². The highest BCUT2D eigenvalue weighted by Gasteiger charge is 2.19. The topological polar surface area (TPSA) is 78.6 Å². The van der Waals surface area contributed by atoms with E-state index in [0.29, 0.717) is 25.3 Å². The highest BCUT2D eigenvalue weighted by atomic mass is 16.3. The first kappa shape index (κ1) is 11.9. The predicted octanol–water partition coefficient (Wildman–Crippen LogP) is -0.266. The summed E-state index contributed by atoms with van der Waals surface area (Å²) in [6, 6.07) is 7.20. The molecule has 1 aromatic carbocycles. The van der Waals surface area contributed by atoms with E-state index in [4.69, 9.17) is 5.73 Å². The van der Waals surface area contributed by atoms with Gasteiger partial charge in [-0.15, -0.1) is 0 Å². The van der Waals surface area contributed by atoms with Crippen LogP contribution in [0, 0.1) is 0 Å². The van der Waals surface area contributed by atoms with Gasteiger partial charge in [0, 0.05) is 25.3 Å². The molecular weight excluding hydrogens is 218 g/mol. The van der Waals surface area contributed by atoms with Crippen LogP contribution in [0.25, 0.3) is 0 Å². The van der Waals surface area contributed by atoms with Gasteiger partial charge >= 0.3 is 0 Å². The molecule has 0 aliphatic carbocycles. The molecule has 0 bridgehead atoms. The van der Waals surface area contributed by atoms with Crippen molar-refractivity contribution < 1.29 is 9.90 Å². The second kappa shape index (κ2) is 5.16. The monoisotopic (exact) mass is 235 g/mol. The third kappa shape index (κ3) is 3.18. The second-order valence-corrected chi connectivity index (χ2v) is 4.27. The summed E-state index contributed by atoms with van der Waals surface area (Å²) in [4.78, 5) is 13.1. The van der Waals surface area contributed by atoms with Gasteiger partial charge in [-0.3, -0.25) is 9.69 Å². The highest BCUT2D eigenvalue weighted by Crippen LogP contribution is 2.17. The first-order chi connectivity index (χ1) is 8.15. The van der Waals surface area contributed by atoms with Gasteiger partial charge in [-0.1, -0.05) is 12.1 Å². The number of nitrogens with two attached hydrogens (primary N) is 1. The summed E-state index contributed by atoms with van der Waals surface area (Å²) in [6.45, 7) is 2.21. The molecule has 17 heavy (non-hydrogen) atoms. The van der Waals surface area contributed by atoms with Crippen molar-refractivity contribution in [1.82, 2.24) is 10.2 Å². The number of anilines is 1. The van der Waals surface area contributed by atoms with Crippen molar-refractivity contribution in [2.75, 3.05) is 31.9 Å². The van der Waals surface area contributed by atoms with E-state index in [1.807, 2.05) is 17.0 Å². The minimum absolute atomic E-state index is 0.0102. The van der Waals surface area contributed by atoms with E-state index in [1.54, 1.807) is 12.1 Å². The number of hydrogen-bond acceptors (Lipinski definition) is 4. The van der Waals surface area contributed by atoms with Crippen LogP contribution in [0.15, 0.2) is 24.3 Å². The Morgan fingerprint density at radius 2 is 2.35 bits per heavy atom. The van der Waals surface area contributed by atoms with Crippen molar-refractivity contribution >= 4 is 11.6 Å². The first-order valence-corrected chi connectivity index (χ1v) is 5.68. The van der Waals surface area contributed by atoms with Crippen molar-refractivity contribution in [3.05, 3.63) is 29.8 Å². The number of aliphatic hydroxyl groups excluding tert-OH is 1. The Balaban J connectivity index is 1.96. The molecule has 1 fully saturated rings. The number of aliphatic hydroxyl groups is 1. The Morgan fingerprint density at radius 3 is 3.06 bits per heavy atom. The highest BCUT2D eigenvalue weighted by molar-refractivity contribution is 5.78. The van der Waals surface area contributed by atoms with Gasteiger partial charge in [0.25, 0.3) is 0 Å². The number of carbonyl (C=O) groups is 1. The molecule has 1 aliphatic rings. The number of amides is 1. The lowest BCUT2D eigenvalue weighted by atomic mass is 10.1. The van der Waals surface area contributed by atoms with Crippen LogP contribution < -0.4 is 11.1 Å². The summed E-state index contributed by atoms with van der Waals surface area (Å²) in [6.07, 6.45) is -0.607. The van der Waals surface area contributed by atoms with Crippen molar-refractivity contribution in [3.8, 4) is 0 Å². The molecular formula is C12H17N3O2. The number of piperazine rings is 1. The molecule has 1 aliphatic heterocycles. The minimum Gasteiger partial charge on any atom is -0.399 e. The first-order valence-electron chi connectivity index (χ1n) is 5.68. The van der Waals surface area contributed by atoms with Crippen LogP contribution >= 0.6 is 0 Å². The molecule has 1 amide bonds. The lowest BCUT2D eigenvalue weighted by Crippen LogP contribution is -2.48. The third-order valence-electron chi connectivity index (χ3n) is 2.84. The molecule has 1 aromatic rings. The smallest absolute Gasteiger partial charge is 0.234 e. The molecule has 0 aromatic heterocycles. The number of β-amino-alcohol motifs (C(OH)–C–C–N with tert-alkyl or cyclic N) is 1. The van der Waals surface area contributed by atoms with Gasteiger partial charge in [-0.2, -0.15) is 0 Å². The van der Waals surface area contributed by atoms with Gasteiger partial charge in [0.1, 0.15) is 0 Å². The van der Waals surface area contributed by atoms with Crippen LogP contribution in [-0.2, 0) is 4.79 Å². The van der Waals surface area contributed by atoms with E-state index in [-0.39, 0.29) is 5.91 Å². The van der Waals surface area contributed by atoms with Gasteiger partial charge < -0.3 is 16.2 Å². The molecule has 5 nitrogen and oxygen atoms in total. The van der Waals surface area contributed by atoms with Crippen molar-refractivity contribution in [1.29, 1.82) is 0 Å². The Bertz CT molecular complexity index is 408. The van der Waals surface area contributed by atoms with Crippen LogP contribution in [0.2, 0.25) is 0 Å². The van der Waals surface area contributed by atoms with Crippen molar-refractivity contribution in [3.63, 3.8) is 0 Å². The number of benzene rings is 1. The van der Waals surface area contributed by atoms with E-state index in [0.717, 1.165) is 12.1 Å². The zero-order valence-electron chi connectivity index (χ0n) is 9.60. The molecule has 2 rings (SSSR count). The largest absolute Gasteiger partial charge is 0.399 e. The van der Waals surface area contributed by atoms with E-state index in [1.165, 1.54) is 0 Å². The lowest BCUT2D eigenvalue weighted by Gasteiger charge is -2.28. The number of rotatable bonds is 3. The number of carbonyl (C=O) groups excluding carboxylic acids is 1. The minimum atomic E-state index is -0.607. The maximum Gasteiger partial charge on any atom is 0.234 e. The van der Waals surface area contributed by atoms with Crippen LogP contribution in [-0.4, -0.2) is 42.1 Å². The fraction of sp³-hybridized carbons (Fsp3) is 0.417. The van der Waals surface area contributed by atoms with Crippen LogP contribution in [0.5, 0.6) is 0 Å². The lowest BCUT2D eigenvalue weighted by molar-refractivity contribution is -0.124. The normalized spacial score (nSPS) is 18.8. The Morgan fingerprint density at radius 1 is 1.53 bits per heavy atom. The Kier molecular flexibility index (Phi) is 3.61. The molecule has 1 saturated heterocycles. The molecule has 1 unspecified atom stereocenters. The Labute approximate surface area is 100 Å². The Hall–Kier alpha value is -1.59. The quantitative estimate of drug-likeness (QED) is 0.630. The predicted molar refractivity (Wildman–Crippen MR) is 65.3 cm³/mol. The maximum atomic E-state index is 11.2. The van der Waals surface area contributed by atoms with Crippen LogP contribution in [0.1, 0.15) is 11.7 Å². The molecule has 1 atom stereocenters. The molecule has 0 radical (unpaired) electrons. The average Bonchev–Trinajstić information content (AvgIpc) is 2.29. The number of nitrogens with zero attached hydrogens (tertiary/aromatic N) is 1. The SMILES string of the molecule is Nc1cccc(C(O)CN2CCNC(=O)C2)c1.